The van der Waals surface area contributed by atoms with Crippen LogP contribution >= 0.6 is 0 Å². The summed E-state index contributed by atoms with van der Waals surface area (Å²) in [7, 11) is 0. The van der Waals surface area contributed by atoms with Crippen LogP contribution in [-0.2, 0) is 6.18 Å². The number of benzene rings is 1. The zero-order valence-corrected chi connectivity index (χ0v) is 17.0. The molecule has 33 heavy (non-hydrogen) atoms. The van der Waals surface area contributed by atoms with E-state index >= 15 is 0 Å². The van der Waals surface area contributed by atoms with Crippen LogP contribution in [0.5, 0.6) is 0 Å². The van der Waals surface area contributed by atoms with Crippen molar-refractivity contribution in [1.82, 2.24) is 24.4 Å². The van der Waals surface area contributed by atoms with Crippen LogP contribution < -0.4 is 5.32 Å². The lowest BCUT2D eigenvalue weighted by Gasteiger charge is -2.11. The Labute approximate surface area is 184 Å². The number of halogens is 3. The number of furan rings is 1. The van der Waals surface area contributed by atoms with Gasteiger partial charge in [-0.3, -0.25) is 4.79 Å². The van der Waals surface area contributed by atoms with Gasteiger partial charge in [-0.05, 0) is 37.3 Å². The van der Waals surface area contributed by atoms with Crippen LogP contribution in [0.1, 0.15) is 21.7 Å². The Bertz CT molecular complexity index is 1450. The summed E-state index contributed by atoms with van der Waals surface area (Å²) in [6, 6.07) is 14.6. The van der Waals surface area contributed by atoms with Gasteiger partial charge in [0.2, 0.25) is 0 Å². The van der Waals surface area contributed by atoms with Crippen LogP contribution in [0.15, 0.2) is 71.5 Å². The lowest BCUT2D eigenvalue weighted by atomic mass is 10.2. The van der Waals surface area contributed by atoms with Gasteiger partial charge in [0.15, 0.2) is 17.1 Å². The minimum atomic E-state index is -4.73. The highest BCUT2D eigenvalue weighted by atomic mass is 19.4. The van der Waals surface area contributed by atoms with Crippen molar-refractivity contribution in [3.8, 4) is 17.1 Å². The van der Waals surface area contributed by atoms with Gasteiger partial charge in [-0.1, -0.05) is 18.2 Å². The molecule has 0 aliphatic heterocycles. The molecule has 4 aromatic heterocycles. The standard InChI is InChI=1S/C22H15F3N6O2/c1-13-10-19(30(29-13)14-6-3-2-4-7-14)28-21(32)15-12-26-31-18(22(23,24)25)11-16(27-20(15)31)17-8-5-9-33-17/h2-12H,1H3,(H,28,32). The Hall–Kier alpha value is -4.41. The van der Waals surface area contributed by atoms with Gasteiger partial charge in [-0.15, -0.1) is 0 Å². The molecule has 166 valence electrons. The van der Waals surface area contributed by atoms with Gasteiger partial charge in [-0.2, -0.15) is 23.4 Å². The first kappa shape index (κ1) is 20.5. The maximum absolute atomic E-state index is 13.7. The van der Waals surface area contributed by atoms with Crippen molar-refractivity contribution in [1.29, 1.82) is 0 Å². The first-order valence-corrected chi connectivity index (χ1v) is 9.74. The molecule has 11 heteroatoms. The number of anilines is 1. The highest BCUT2D eigenvalue weighted by molar-refractivity contribution is 6.08. The molecule has 0 fully saturated rings. The number of aromatic nitrogens is 5. The summed E-state index contributed by atoms with van der Waals surface area (Å²) in [4.78, 5) is 17.3. The number of para-hydroxylation sites is 1. The van der Waals surface area contributed by atoms with Crippen molar-refractivity contribution in [2.45, 2.75) is 13.1 Å². The van der Waals surface area contributed by atoms with Gasteiger partial charge in [-0.25, -0.2) is 14.2 Å². The molecule has 0 saturated heterocycles. The fourth-order valence-electron chi connectivity index (χ4n) is 3.41. The third kappa shape index (κ3) is 3.73. The minimum Gasteiger partial charge on any atom is -0.463 e. The molecule has 0 saturated carbocycles. The number of aryl methyl sites for hydroxylation is 1. The predicted octanol–water partition coefficient (Wildman–Crippen LogP) is 4.75. The van der Waals surface area contributed by atoms with Crippen LogP contribution in [0.2, 0.25) is 0 Å². The number of alkyl halides is 3. The van der Waals surface area contributed by atoms with E-state index in [0.29, 0.717) is 21.7 Å². The molecule has 0 radical (unpaired) electrons. The fourth-order valence-corrected chi connectivity index (χ4v) is 3.41. The number of fused-ring (bicyclic) bond motifs is 1. The monoisotopic (exact) mass is 452 g/mol. The van der Waals surface area contributed by atoms with E-state index in [0.717, 1.165) is 12.3 Å². The Balaban J connectivity index is 1.59. The second kappa shape index (κ2) is 7.62. The summed E-state index contributed by atoms with van der Waals surface area (Å²) in [5.74, 6) is -0.200. The van der Waals surface area contributed by atoms with Crippen LogP contribution in [-0.4, -0.2) is 30.3 Å². The number of hydrogen-bond acceptors (Lipinski definition) is 5. The Kier molecular flexibility index (Phi) is 4.73. The quantitative estimate of drug-likeness (QED) is 0.425. The van der Waals surface area contributed by atoms with Crippen LogP contribution in [0.4, 0.5) is 19.0 Å². The van der Waals surface area contributed by atoms with E-state index in [1.54, 1.807) is 13.0 Å². The number of carbonyl (C=O) groups excluding carboxylic acids is 1. The number of hydrogen-bond donors (Lipinski definition) is 1. The van der Waals surface area contributed by atoms with Crippen molar-refractivity contribution < 1.29 is 22.4 Å². The molecule has 5 aromatic rings. The van der Waals surface area contributed by atoms with Gasteiger partial charge in [0.25, 0.3) is 5.91 Å². The maximum atomic E-state index is 13.7. The first-order valence-electron chi connectivity index (χ1n) is 9.74. The molecule has 0 unspecified atom stereocenters. The van der Waals surface area contributed by atoms with E-state index in [9.17, 15) is 18.0 Å². The van der Waals surface area contributed by atoms with E-state index in [1.807, 2.05) is 30.3 Å². The highest BCUT2D eigenvalue weighted by Gasteiger charge is 2.36. The van der Waals surface area contributed by atoms with Crippen molar-refractivity contribution in [2.75, 3.05) is 5.32 Å². The number of nitrogens with one attached hydrogen (secondary N) is 1. The van der Waals surface area contributed by atoms with Gasteiger partial charge < -0.3 is 9.73 Å². The van der Waals surface area contributed by atoms with Gasteiger partial charge in [0, 0.05) is 6.07 Å². The lowest BCUT2D eigenvalue weighted by molar-refractivity contribution is -0.142. The van der Waals surface area contributed by atoms with E-state index in [1.165, 1.54) is 23.1 Å². The molecule has 4 heterocycles. The van der Waals surface area contributed by atoms with Gasteiger partial charge >= 0.3 is 6.18 Å². The second-order valence-electron chi connectivity index (χ2n) is 7.17. The topological polar surface area (TPSA) is 90.3 Å². The molecule has 1 aromatic carbocycles. The predicted molar refractivity (Wildman–Crippen MR) is 112 cm³/mol. The van der Waals surface area contributed by atoms with Gasteiger partial charge in [0.1, 0.15) is 17.1 Å². The second-order valence-corrected chi connectivity index (χ2v) is 7.17. The Morgan fingerprint density at radius 3 is 2.58 bits per heavy atom. The molecule has 0 atom stereocenters. The first-order chi connectivity index (χ1) is 15.8. The largest absolute Gasteiger partial charge is 0.463 e. The lowest BCUT2D eigenvalue weighted by Crippen LogP contribution is -2.17. The third-order valence-corrected chi connectivity index (χ3v) is 4.85. The summed E-state index contributed by atoms with van der Waals surface area (Å²) in [6.07, 6.45) is -2.36. The summed E-state index contributed by atoms with van der Waals surface area (Å²) in [5, 5.41) is 10.9. The summed E-state index contributed by atoms with van der Waals surface area (Å²) >= 11 is 0. The summed E-state index contributed by atoms with van der Waals surface area (Å²) in [6.45, 7) is 1.76. The average Bonchev–Trinajstić information content (AvgIpc) is 3.52. The molecule has 0 bridgehead atoms. The zero-order valence-electron chi connectivity index (χ0n) is 17.0. The average molecular weight is 452 g/mol. The molecular formula is C22H15F3N6O2. The van der Waals surface area contributed by atoms with E-state index in [-0.39, 0.29) is 22.7 Å². The number of amides is 1. The number of nitrogens with zero attached hydrogens (tertiary/aromatic N) is 5. The molecule has 1 N–H and O–H groups in total. The number of carbonyl (C=O) groups is 1. The summed E-state index contributed by atoms with van der Waals surface area (Å²) in [5.41, 5.74) is -0.184. The highest BCUT2D eigenvalue weighted by Crippen LogP contribution is 2.33. The van der Waals surface area contributed by atoms with Crippen molar-refractivity contribution >= 4 is 17.4 Å². The van der Waals surface area contributed by atoms with E-state index < -0.39 is 17.8 Å². The smallest absolute Gasteiger partial charge is 0.433 e. The van der Waals surface area contributed by atoms with Crippen molar-refractivity contribution in [3.63, 3.8) is 0 Å². The fraction of sp³-hybridized carbons (Fsp3) is 0.0909. The zero-order chi connectivity index (χ0) is 23.2. The Morgan fingerprint density at radius 1 is 1.09 bits per heavy atom. The van der Waals surface area contributed by atoms with Crippen molar-refractivity contribution in [2.24, 2.45) is 0 Å². The Morgan fingerprint density at radius 2 is 1.88 bits per heavy atom. The van der Waals surface area contributed by atoms with E-state index in [2.05, 4.69) is 20.5 Å². The minimum absolute atomic E-state index is 0.0699. The summed E-state index contributed by atoms with van der Waals surface area (Å²) < 4.78 is 48.5. The molecule has 1 amide bonds. The molecule has 0 aliphatic rings. The molecule has 0 spiro atoms. The molecule has 8 nitrogen and oxygen atoms in total. The molecule has 0 aliphatic carbocycles. The SMILES string of the molecule is Cc1cc(NC(=O)c2cnn3c(C(F)(F)F)cc(-c4ccco4)nc23)n(-c2ccccc2)n1. The normalized spacial score (nSPS) is 11.8. The molecular weight excluding hydrogens is 437 g/mol. The number of rotatable bonds is 4. The van der Waals surface area contributed by atoms with Crippen LogP contribution in [0, 0.1) is 6.92 Å². The van der Waals surface area contributed by atoms with Crippen LogP contribution in [0.25, 0.3) is 22.8 Å². The van der Waals surface area contributed by atoms with Crippen LogP contribution in [0.3, 0.4) is 0 Å². The van der Waals surface area contributed by atoms with Crippen molar-refractivity contribution in [3.05, 3.63) is 84.0 Å². The van der Waals surface area contributed by atoms with Gasteiger partial charge in [0.05, 0.1) is 23.8 Å². The third-order valence-electron chi connectivity index (χ3n) is 4.85. The molecule has 5 rings (SSSR count). The van der Waals surface area contributed by atoms with E-state index in [4.69, 9.17) is 4.42 Å². The maximum Gasteiger partial charge on any atom is 0.433 e.